The van der Waals surface area contributed by atoms with Crippen LogP contribution in [0.25, 0.3) is 5.57 Å². The van der Waals surface area contributed by atoms with Gasteiger partial charge in [-0.3, -0.25) is 0 Å². The number of halogens is 3. The second-order valence-electron chi connectivity index (χ2n) is 4.55. The fraction of sp³-hybridized carbons (Fsp3) is 0.333. The van der Waals surface area contributed by atoms with Crippen LogP contribution in [0.1, 0.15) is 24.5 Å². The van der Waals surface area contributed by atoms with Crippen molar-refractivity contribution in [3.05, 3.63) is 34.7 Å². The van der Waals surface area contributed by atoms with Gasteiger partial charge in [0, 0.05) is 11.4 Å². The molecule has 0 saturated heterocycles. The van der Waals surface area contributed by atoms with Gasteiger partial charge in [-0.25, -0.2) is 8.42 Å². The van der Waals surface area contributed by atoms with E-state index in [1.807, 2.05) is 0 Å². The number of sulfone groups is 1. The molecule has 1 aliphatic rings. The standard InChI is InChI=1S/C12H12F3NO2S/c1-7(16)5-8-6-19(17,18)11-9(8)3-2-4-10(11)12(13,14)15/h2-4,6-7H,5,16H2,1H3. The highest BCUT2D eigenvalue weighted by Crippen LogP contribution is 2.43. The monoisotopic (exact) mass is 291 g/mol. The van der Waals surface area contributed by atoms with E-state index in [-0.39, 0.29) is 18.0 Å². The lowest BCUT2D eigenvalue weighted by Gasteiger charge is -2.12. The number of benzene rings is 1. The highest BCUT2D eigenvalue weighted by Gasteiger charge is 2.40. The number of nitrogens with two attached hydrogens (primary N) is 1. The molecule has 0 aliphatic carbocycles. The van der Waals surface area contributed by atoms with Crippen LogP contribution in [0.5, 0.6) is 0 Å². The quantitative estimate of drug-likeness (QED) is 0.911. The molecule has 1 heterocycles. The normalized spacial score (nSPS) is 18.9. The number of hydrogen-bond acceptors (Lipinski definition) is 3. The molecule has 1 atom stereocenters. The maximum absolute atomic E-state index is 12.9. The number of hydrogen-bond donors (Lipinski definition) is 1. The molecule has 104 valence electrons. The van der Waals surface area contributed by atoms with Gasteiger partial charge in [0.05, 0.1) is 10.5 Å². The molecule has 0 fully saturated rings. The molecule has 19 heavy (non-hydrogen) atoms. The van der Waals surface area contributed by atoms with Crippen LogP contribution in [-0.2, 0) is 16.0 Å². The van der Waals surface area contributed by atoms with Gasteiger partial charge in [0.15, 0.2) is 0 Å². The van der Waals surface area contributed by atoms with Gasteiger partial charge in [0.2, 0.25) is 9.84 Å². The molecule has 1 unspecified atom stereocenters. The molecule has 0 aromatic heterocycles. The molecule has 2 N–H and O–H groups in total. The maximum atomic E-state index is 12.9. The van der Waals surface area contributed by atoms with Crippen LogP contribution >= 0.6 is 0 Å². The Morgan fingerprint density at radius 3 is 2.47 bits per heavy atom. The van der Waals surface area contributed by atoms with Crippen molar-refractivity contribution in [2.45, 2.75) is 30.5 Å². The third kappa shape index (κ3) is 2.52. The zero-order valence-corrected chi connectivity index (χ0v) is 10.8. The van der Waals surface area contributed by atoms with Crippen molar-refractivity contribution >= 4 is 15.4 Å². The first-order valence-electron chi connectivity index (χ1n) is 5.55. The molecule has 1 aromatic rings. The van der Waals surface area contributed by atoms with Crippen molar-refractivity contribution < 1.29 is 21.6 Å². The summed E-state index contributed by atoms with van der Waals surface area (Å²) in [5, 5.41) is 0.885. The molecule has 0 saturated carbocycles. The van der Waals surface area contributed by atoms with Gasteiger partial charge in [-0.05, 0) is 30.5 Å². The first kappa shape index (κ1) is 14.1. The van der Waals surface area contributed by atoms with Crippen molar-refractivity contribution in [2.24, 2.45) is 5.73 Å². The summed E-state index contributed by atoms with van der Waals surface area (Å²) in [6.07, 6.45) is -4.48. The molecule has 1 aliphatic heterocycles. The van der Waals surface area contributed by atoms with Crippen LogP contribution < -0.4 is 5.73 Å². The zero-order chi connectivity index (χ0) is 14.4. The fourth-order valence-electron chi connectivity index (χ4n) is 2.13. The lowest BCUT2D eigenvalue weighted by Crippen LogP contribution is -2.15. The smallest absolute Gasteiger partial charge is 0.328 e. The Bertz CT molecular complexity index is 645. The summed E-state index contributed by atoms with van der Waals surface area (Å²) in [7, 11) is -4.05. The average Bonchev–Trinajstić information content (AvgIpc) is 2.48. The second kappa shape index (κ2) is 4.35. The van der Waals surface area contributed by atoms with Crippen LogP contribution in [0, 0.1) is 0 Å². The van der Waals surface area contributed by atoms with E-state index in [1.54, 1.807) is 6.92 Å². The lowest BCUT2D eigenvalue weighted by molar-refractivity contribution is -0.139. The molecule has 2 rings (SSSR count). The zero-order valence-electron chi connectivity index (χ0n) is 10.0. The van der Waals surface area contributed by atoms with E-state index in [1.165, 1.54) is 12.1 Å². The van der Waals surface area contributed by atoms with Gasteiger partial charge < -0.3 is 5.73 Å². The highest BCUT2D eigenvalue weighted by atomic mass is 32.2. The average molecular weight is 291 g/mol. The molecule has 0 bridgehead atoms. The highest BCUT2D eigenvalue weighted by molar-refractivity contribution is 7.95. The predicted octanol–water partition coefficient (Wildman–Crippen LogP) is 2.57. The summed E-state index contributed by atoms with van der Waals surface area (Å²) in [5.74, 6) is 0. The fourth-order valence-corrected chi connectivity index (χ4v) is 3.85. The summed E-state index contributed by atoms with van der Waals surface area (Å²) in [6.45, 7) is 1.67. The van der Waals surface area contributed by atoms with Gasteiger partial charge in [0.25, 0.3) is 0 Å². The van der Waals surface area contributed by atoms with Crippen molar-refractivity contribution in [2.75, 3.05) is 0 Å². The summed E-state index contributed by atoms with van der Waals surface area (Å²) in [5.41, 5.74) is 4.89. The summed E-state index contributed by atoms with van der Waals surface area (Å²) >= 11 is 0. The first-order chi connectivity index (χ1) is 8.63. The molecule has 7 heteroatoms. The number of alkyl halides is 3. The Morgan fingerprint density at radius 1 is 1.32 bits per heavy atom. The molecule has 1 aromatic carbocycles. The van der Waals surface area contributed by atoms with Gasteiger partial charge in [0.1, 0.15) is 0 Å². The summed E-state index contributed by atoms with van der Waals surface area (Å²) < 4.78 is 62.4. The molecular formula is C12H12F3NO2S. The summed E-state index contributed by atoms with van der Waals surface area (Å²) in [6, 6.07) is 3.03. The molecule has 0 spiro atoms. The van der Waals surface area contributed by atoms with E-state index >= 15 is 0 Å². The predicted molar refractivity (Wildman–Crippen MR) is 64.9 cm³/mol. The van der Waals surface area contributed by atoms with Crippen LogP contribution in [0.15, 0.2) is 28.5 Å². The first-order valence-corrected chi connectivity index (χ1v) is 7.09. The summed E-state index contributed by atoms with van der Waals surface area (Å²) in [4.78, 5) is -0.654. The topological polar surface area (TPSA) is 60.2 Å². The van der Waals surface area contributed by atoms with Gasteiger partial charge in [-0.2, -0.15) is 13.2 Å². The lowest BCUT2D eigenvalue weighted by atomic mass is 9.99. The van der Waals surface area contributed by atoms with Crippen molar-refractivity contribution in [3.8, 4) is 0 Å². The molecular weight excluding hydrogens is 279 g/mol. The second-order valence-corrected chi connectivity index (χ2v) is 6.28. The number of fused-ring (bicyclic) bond motifs is 1. The van der Waals surface area contributed by atoms with E-state index in [0.29, 0.717) is 5.57 Å². The van der Waals surface area contributed by atoms with Crippen molar-refractivity contribution in [3.63, 3.8) is 0 Å². The van der Waals surface area contributed by atoms with Crippen LogP contribution in [0.2, 0.25) is 0 Å². The molecule has 3 nitrogen and oxygen atoms in total. The van der Waals surface area contributed by atoms with E-state index in [2.05, 4.69) is 0 Å². The minimum atomic E-state index is -4.70. The minimum absolute atomic E-state index is 0.104. The van der Waals surface area contributed by atoms with E-state index < -0.39 is 26.5 Å². The third-order valence-electron chi connectivity index (χ3n) is 2.79. The largest absolute Gasteiger partial charge is 0.417 e. The Kier molecular flexibility index (Phi) is 3.22. The Hall–Kier alpha value is -1.34. The Morgan fingerprint density at radius 2 is 1.95 bits per heavy atom. The van der Waals surface area contributed by atoms with E-state index in [0.717, 1.165) is 11.5 Å². The molecule has 0 amide bonds. The SMILES string of the molecule is CC(N)CC1=CS(=O)(=O)c2c1cccc2C(F)(F)F. The number of rotatable bonds is 2. The van der Waals surface area contributed by atoms with E-state index in [4.69, 9.17) is 5.73 Å². The maximum Gasteiger partial charge on any atom is 0.417 e. The van der Waals surface area contributed by atoms with Gasteiger partial charge >= 0.3 is 6.18 Å². The molecule has 0 radical (unpaired) electrons. The van der Waals surface area contributed by atoms with E-state index in [9.17, 15) is 21.6 Å². The van der Waals surface area contributed by atoms with Crippen LogP contribution in [-0.4, -0.2) is 14.5 Å². The van der Waals surface area contributed by atoms with Crippen molar-refractivity contribution in [1.29, 1.82) is 0 Å². The van der Waals surface area contributed by atoms with Gasteiger partial charge in [-0.1, -0.05) is 12.1 Å². The van der Waals surface area contributed by atoms with Gasteiger partial charge in [-0.15, -0.1) is 0 Å². The van der Waals surface area contributed by atoms with Crippen LogP contribution in [0.3, 0.4) is 0 Å². The van der Waals surface area contributed by atoms with Crippen molar-refractivity contribution in [1.82, 2.24) is 0 Å². The Labute approximate surface area is 108 Å². The Balaban J connectivity index is 2.67. The van der Waals surface area contributed by atoms with Crippen LogP contribution in [0.4, 0.5) is 13.2 Å². The minimum Gasteiger partial charge on any atom is -0.328 e. The third-order valence-corrected chi connectivity index (χ3v) is 4.39.